The lowest BCUT2D eigenvalue weighted by Crippen LogP contribution is -2.21. The Morgan fingerprint density at radius 3 is 3.12 bits per heavy atom. The molecule has 0 radical (unpaired) electrons. The third-order valence-electron chi connectivity index (χ3n) is 1.73. The lowest BCUT2D eigenvalue weighted by Gasteiger charge is -2.01. The maximum Gasteiger partial charge on any atom is 0.244 e. The van der Waals surface area contributed by atoms with Gasteiger partial charge in [0.05, 0.1) is 6.54 Å². The van der Waals surface area contributed by atoms with Gasteiger partial charge >= 0.3 is 0 Å². The summed E-state index contributed by atoms with van der Waals surface area (Å²) in [7, 11) is 0. The molecule has 0 fully saturated rings. The molecule has 0 unspecified atom stereocenters. The Hall–Kier alpha value is -1.89. The molecule has 0 saturated heterocycles. The van der Waals surface area contributed by atoms with E-state index in [2.05, 4.69) is 20.8 Å². The van der Waals surface area contributed by atoms with Crippen molar-refractivity contribution >= 4 is 28.2 Å². The summed E-state index contributed by atoms with van der Waals surface area (Å²) >= 11 is 1.44. The van der Waals surface area contributed by atoms with Gasteiger partial charge < -0.3 is 15.2 Å². The molecular formula is C9H10N4O2S. The number of anilines is 2. The van der Waals surface area contributed by atoms with Crippen molar-refractivity contribution in [3.63, 3.8) is 0 Å². The first-order valence-corrected chi connectivity index (χ1v) is 5.48. The summed E-state index contributed by atoms with van der Waals surface area (Å²) in [6.07, 6.45) is 1.67. The number of hydrogen-bond donors (Lipinski definition) is 2. The molecule has 0 saturated carbocycles. The zero-order chi connectivity index (χ0) is 11.4. The van der Waals surface area contributed by atoms with Crippen LogP contribution in [-0.2, 0) is 4.79 Å². The van der Waals surface area contributed by atoms with Crippen molar-refractivity contribution in [2.45, 2.75) is 6.92 Å². The fourth-order valence-electron chi connectivity index (χ4n) is 1.08. The number of rotatable bonds is 4. The first-order valence-electron chi connectivity index (χ1n) is 4.60. The average Bonchev–Trinajstić information content (AvgIpc) is 2.87. The van der Waals surface area contributed by atoms with Crippen molar-refractivity contribution in [3.05, 3.63) is 23.4 Å². The van der Waals surface area contributed by atoms with Crippen LogP contribution in [0.4, 0.5) is 10.9 Å². The quantitative estimate of drug-likeness (QED) is 0.843. The van der Waals surface area contributed by atoms with Gasteiger partial charge in [0, 0.05) is 17.6 Å². The van der Waals surface area contributed by atoms with Crippen molar-refractivity contribution < 1.29 is 9.32 Å². The van der Waals surface area contributed by atoms with E-state index in [1.54, 1.807) is 19.2 Å². The monoisotopic (exact) mass is 238 g/mol. The smallest absolute Gasteiger partial charge is 0.244 e. The van der Waals surface area contributed by atoms with Gasteiger partial charge in [-0.2, -0.15) is 0 Å². The van der Waals surface area contributed by atoms with Gasteiger partial charge in [-0.1, -0.05) is 5.16 Å². The summed E-state index contributed by atoms with van der Waals surface area (Å²) in [5.41, 5.74) is 0. The van der Waals surface area contributed by atoms with Gasteiger partial charge in [0.15, 0.2) is 10.9 Å². The molecule has 2 aromatic rings. The fourth-order valence-corrected chi connectivity index (χ4v) is 1.61. The lowest BCUT2D eigenvalue weighted by molar-refractivity contribution is -0.114. The molecule has 2 N–H and O–H groups in total. The number of carbonyl (C=O) groups excluding carboxylic acids is 1. The maximum atomic E-state index is 11.4. The average molecular weight is 238 g/mol. The Morgan fingerprint density at radius 1 is 1.62 bits per heavy atom. The van der Waals surface area contributed by atoms with E-state index in [-0.39, 0.29) is 12.5 Å². The van der Waals surface area contributed by atoms with E-state index < -0.39 is 0 Å². The molecular weight excluding hydrogens is 228 g/mol. The number of nitrogens with one attached hydrogen (secondary N) is 2. The number of hydrogen-bond acceptors (Lipinski definition) is 6. The minimum Gasteiger partial charge on any atom is -0.360 e. The molecule has 0 bridgehead atoms. The van der Waals surface area contributed by atoms with E-state index >= 15 is 0 Å². The summed E-state index contributed by atoms with van der Waals surface area (Å²) in [6, 6.07) is 1.65. The predicted octanol–water partition coefficient (Wildman–Crippen LogP) is 1.49. The molecule has 2 rings (SSSR count). The Labute approximate surface area is 95.7 Å². The van der Waals surface area contributed by atoms with Gasteiger partial charge in [0.1, 0.15) is 5.76 Å². The van der Waals surface area contributed by atoms with Gasteiger partial charge in [0.25, 0.3) is 0 Å². The molecule has 0 aliphatic carbocycles. The van der Waals surface area contributed by atoms with Crippen molar-refractivity contribution in [2.24, 2.45) is 0 Å². The van der Waals surface area contributed by atoms with Crippen molar-refractivity contribution in [3.8, 4) is 0 Å². The fraction of sp³-hybridized carbons (Fsp3) is 0.222. The molecule has 0 aliphatic rings. The van der Waals surface area contributed by atoms with Crippen LogP contribution >= 0.6 is 11.3 Å². The van der Waals surface area contributed by atoms with Crippen LogP contribution in [0.25, 0.3) is 0 Å². The second-order valence-corrected chi connectivity index (χ2v) is 3.96. The highest BCUT2D eigenvalue weighted by Crippen LogP contribution is 2.10. The zero-order valence-corrected chi connectivity index (χ0v) is 9.37. The molecule has 0 spiro atoms. The van der Waals surface area contributed by atoms with Crippen LogP contribution in [0.1, 0.15) is 5.76 Å². The van der Waals surface area contributed by atoms with E-state index in [0.717, 1.165) is 0 Å². The first kappa shape index (κ1) is 10.6. The van der Waals surface area contributed by atoms with Crippen molar-refractivity contribution in [2.75, 3.05) is 17.2 Å². The number of aromatic nitrogens is 2. The normalized spacial score (nSPS) is 10.1. The van der Waals surface area contributed by atoms with Crippen LogP contribution in [0.2, 0.25) is 0 Å². The minimum absolute atomic E-state index is 0.152. The van der Waals surface area contributed by atoms with E-state index in [0.29, 0.717) is 16.7 Å². The Kier molecular flexibility index (Phi) is 3.16. The molecule has 7 heteroatoms. The highest BCUT2D eigenvalue weighted by Gasteiger charge is 2.06. The molecule has 2 aromatic heterocycles. The third kappa shape index (κ3) is 2.80. The van der Waals surface area contributed by atoms with Crippen LogP contribution in [0, 0.1) is 6.92 Å². The SMILES string of the molecule is Cc1cc(NC(=O)CNc2nccs2)no1. The number of carbonyl (C=O) groups is 1. The molecule has 0 aromatic carbocycles. The molecule has 0 atom stereocenters. The van der Waals surface area contributed by atoms with Crippen LogP contribution in [0.5, 0.6) is 0 Å². The van der Waals surface area contributed by atoms with E-state index in [4.69, 9.17) is 4.52 Å². The molecule has 84 valence electrons. The first-order chi connectivity index (χ1) is 7.74. The van der Waals surface area contributed by atoms with Gasteiger partial charge in [-0.05, 0) is 6.92 Å². The molecule has 0 aliphatic heterocycles. The Balaban J connectivity index is 1.81. The number of nitrogens with zero attached hydrogens (tertiary/aromatic N) is 2. The van der Waals surface area contributed by atoms with Crippen molar-refractivity contribution in [1.29, 1.82) is 0 Å². The molecule has 2 heterocycles. The number of thiazole rings is 1. The van der Waals surface area contributed by atoms with Crippen LogP contribution in [-0.4, -0.2) is 22.6 Å². The highest BCUT2D eigenvalue weighted by molar-refractivity contribution is 7.13. The second kappa shape index (κ2) is 4.75. The van der Waals surface area contributed by atoms with Gasteiger partial charge in [0.2, 0.25) is 5.91 Å². The summed E-state index contributed by atoms with van der Waals surface area (Å²) in [6.45, 7) is 1.91. The summed E-state index contributed by atoms with van der Waals surface area (Å²) in [5, 5.41) is 11.7. The molecule has 6 nitrogen and oxygen atoms in total. The largest absolute Gasteiger partial charge is 0.360 e. The summed E-state index contributed by atoms with van der Waals surface area (Å²) < 4.78 is 4.82. The van der Waals surface area contributed by atoms with E-state index in [1.807, 2.05) is 5.38 Å². The number of aryl methyl sites for hydroxylation is 1. The zero-order valence-electron chi connectivity index (χ0n) is 8.56. The highest BCUT2D eigenvalue weighted by atomic mass is 32.1. The van der Waals surface area contributed by atoms with Crippen LogP contribution < -0.4 is 10.6 Å². The number of amides is 1. The van der Waals surface area contributed by atoms with Crippen LogP contribution in [0.15, 0.2) is 22.2 Å². The van der Waals surface area contributed by atoms with Gasteiger partial charge in [-0.3, -0.25) is 4.79 Å². The Morgan fingerprint density at radius 2 is 2.50 bits per heavy atom. The van der Waals surface area contributed by atoms with Crippen molar-refractivity contribution in [1.82, 2.24) is 10.1 Å². The maximum absolute atomic E-state index is 11.4. The standard InChI is InChI=1S/C9H10N4O2S/c1-6-4-7(13-15-6)12-8(14)5-11-9-10-2-3-16-9/h2-4H,5H2,1H3,(H,10,11)(H,12,13,14). The third-order valence-corrected chi connectivity index (χ3v) is 2.46. The van der Waals surface area contributed by atoms with Gasteiger partial charge in [-0.15, -0.1) is 11.3 Å². The van der Waals surface area contributed by atoms with Crippen LogP contribution in [0.3, 0.4) is 0 Å². The molecule has 16 heavy (non-hydrogen) atoms. The van der Waals surface area contributed by atoms with E-state index in [1.165, 1.54) is 11.3 Å². The second-order valence-electron chi connectivity index (χ2n) is 3.06. The summed E-state index contributed by atoms with van der Waals surface area (Å²) in [4.78, 5) is 15.4. The minimum atomic E-state index is -0.191. The predicted molar refractivity (Wildman–Crippen MR) is 60.5 cm³/mol. The lowest BCUT2D eigenvalue weighted by atomic mass is 10.5. The van der Waals surface area contributed by atoms with E-state index in [9.17, 15) is 4.79 Å². The molecule has 1 amide bonds. The summed E-state index contributed by atoms with van der Waals surface area (Å²) in [5.74, 6) is 0.884. The van der Waals surface area contributed by atoms with Gasteiger partial charge in [-0.25, -0.2) is 4.98 Å². The topological polar surface area (TPSA) is 80.0 Å². The Bertz CT molecular complexity index is 466.